The van der Waals surface area contributed by atoms with Crippen LogP contribution in [0.25, 0.3) is 44.6 Å². The largest absolute Gasteiger partial charge is 0.497 e. The maximum absolute atomic E-state index is 5.94. The average Bonchev–Trinajstić information content (AvgIpc) is 4.31. The standard InChI is InChI=1S/C30H36N6O3.C29H34N6O2/c1-37-25-12-24(13-26(15-25)38-2)36(18-21-4-5-21)23-6-7-27-28(14-23)34-29(17-32-27)22-16-33-35(19-22)20-30(39-3)8-10-31-11-9-30;1-36-25-13-24(14-26(16-25)37-2)35(19-21-5-6-21)23-7-8-27-28(15-23)32-29(18-30-27)22-17-31-34(20-22)12-11-33-9-3-4-10-33/h6-7,12-17,19,21,31H,4-5,8-11,18,20H2,1-3H3;7-8,13-18,20-21H,3-6,9-12,19H2,1-2H3. The number of hydrogen-bond acceptors (Lipinski definition) is 15. The van der Waals surface area contributed by atoms with Crippen molar-refractivity contribution in [2.75, 3.05) is 91.2 Å². The molecule has 0 unspecified atom stereocenters. The Morgan fingerprint density at radius 2 is 1.01 bits per heavy atom. The Morgan fingerprint density at radius 1 is 0.539 bits per heavy atom. The second-order valence-corrected chi connectivity index (χ2v) is 20.7. The van der Waals surface area contributed by atoms with Crippen molar-refractivity contribution < 1.29 is 23.7 Å². The molecule has 4 aromatic heterocycles. The minimum atomic E-state index is -0.188. The summed E-state index contributed by atoms with van der Waals surface area (Å²) in [5.74, 6) is 4.46. The summed E-state index contributed by atoms with van der Waals surface area (Å²) in [5, 5.41) is 12.6. The molecule has 1 N–H and O–H groups in total. The van der Waals surface area contributed by atoms with Crippen LogP contribution in [0.3, 0.4) is 0 Å². The number of nitrogens with zero attached hydrogens (tertiary/aromatic N) is 11. The molecule has 0 bridgehead atoms. The molecule has 2 saturated heterocycles. The van der Waals surface area contributed by atoms with Gasteiger partial charge in [-0.1, -0.05) is 0 Å². The quantitative estimate of drug-likeness (QED) is 0.0769. The predicted octanol–water partition coefficient (Wildman–Crippen LogP) is 9.98. The van der Waals surface area contributed by atoms with E-state index in [0.29, 0.717) is 11.8 Å². The Hall–Kier alpha value is -7.34. The van der Waals surface area contributed by atoms with Crippen molar-refractivity contribution in [3.05, 3.63) is 110 Å². The molecular formula is C59H70N12O5. The van der Waals surface area contributed by atoms with Gasteiger partial charge in [-0.2, -0.15) is 10.2 Å². The minimum Gasteiger partial charge on any atom is -0.497 e. The van der Waals surface area contributed by atoms with Crippen LogP contribution < -0.4 is 34.1 Å². The number of fused-ring (bicyclic) bond motifs is 2. The van der Waals surface area contributed by atoms with Crippen LogP contribution in [0, 0.1) is 11.8 Å². The molecule has 2 saturated carbocycles. The molecule has 8 aromatic rings. The number of aromatic nitrogens is 8. The van der Waals surface area contributed by atoms with Gasteiger partial charge in [-0.05, 0) is 126 Å². The van der Waals surface area contributed by atoms with Gasteiger partial charge in [0.15, 0.2) is 0 Å². The number of likely N-dealkylation sites (tertiary alicyclic amines) is 1. The number of rotatable bonds is 20. The summed E-state index contributed by atoms with van der Waals surface area (Å²) in [5.41, 5.74) is 11.1. The van der Waals surface area contributed by atoms with E-state index < -0.39 is 0 Å². The molecule has 0 amide bonds. The first kappa shape index (κ1) is 50.8. The zero-order chi connectivity index (χ0) is 52.0. The number of nitrogens with one attached hydrogen (secondary N) is 1. The van der Waals surface area contributed by atoms with Gasteiger partial charge in [0.25, 0.3) is 0 Å². The highest BCUT2D eigenvalue weighted by atomic mass is 16.5. The van der Waals surface area contributed by atoms with Gasteiger partial charge in [0.2, 0.25) is 0 Å². The van der Waals surface area contributed by atoms with Gasteiger partial charge >= 0.3 is 0 Å². The smallest absolute Gasteiger partial charge is 0.124 e. The highest BCUT2D eigenvalue weighted by Crippen LogP contribution is 2.41. The van der Waals surface area contributed by atoms with Crippen molar-refractivity contribution in [3.63, 3.8) is 0 Å². The Labute approximate surface area is 445 Å². The van der Waals surface area contributed by atoms with E-state index >= 15 is 0 Å². The molecule has 2 aliphatic carbocycles. The van der Waals surface area contributed by atoms with Crippen molar-refractivity contribution in [2.24, 2.45) is 11.8 Å². The molecule has 76 heavy (non-hydrogen) atoms. The topological polar surface area (TPSA) is 155 Å². The SMILES string of the molecule is COc1cc(OC)cc(N(CC2CC2)c2ccc3ncc(-c4cnn(CC5(OC)CCNCC5)c4)nc3c2)c1.COc1cc(OC)cc(N(CC2CC2)c2ccc3ncc(-c4cnn(CCN5CCCC5)c4)nc3c2)c1. The summed E-state index contributed by atoms with van der Waals surface area (Å²) in [6, 6.07) is 24.6. The lowest BCUT2D eigenvalue weighted by molar-refractivity contribution is -0.0490. The number of ether oxygens (including phenoxy) is 5. The van der Waals surface area contributed by atoms with E-state index in [0.717, 1.165) is 149 Å². The van der Waals surface area contributed by atoms with Crippen molar-refractivity contribution in [3.8, 4) is 45.5 Å². The number of methoxy groups -OCH3 is 5. The lowest BCUT2D eigenvalue weighted by atomic mass is 9.92. The molecule has 4 fully saturated rings. The van der Waals surface area contributed by atoms with Crippen LogP contribution in [0.2, 0.25) is 0 Å². The summed E-state index contributed by atoms with van der Waals surface area (Å²) < 4.78 is 32.1. The summed E-state index contributed by atoms with van der Waals surface area (Å²) in [6.07, 6.45) is 21.1. The van der Waals surface area contributed by atoms with E-state index in [-0.39, 0.29) is 5.60 Å². The fourth-order valence-corrected chi connectivity index (χ4v) is 10.4. The summed E-state index contributed by atoms with van der Waals surface area (Å²) >= 11 is 0. The molecule has 12 rings (SSSR count). The Morgan fingerprint density at radius 3 is 1.47 bits per heavy atom. The lowest BCUT2D eigenvalue weighted by Crippen LogP contribution is -2.46. The molecule has 0 atom stereocenters. The van der Waals surface area contributed by atoms with Gasteiger partial charge in [-0.25, -0.2) is 9.97 Å². The van der Waals surface area contributed by atoms with Gasteiger partial charge < -0.3 is 43.7 Å². The number of piperidine rings is 1. The Kier molecular flexibility index (Phi) is 15.3. The number of anilines is 4. The zero-order valence-electron chi connectivity index (χ0n) is 44.5. The molecule has 17 heteroatoms. The maximum atomic E-state index is 5.94. The van der Waals surface area contributed by atoms with Crippen molar-refractivity contribution in [1.82, 2.24) is 49.7 Å². The third kappa shape index (κ3) is 12.0. The minimum absolute atomic E-state index is 0.188. The molecular weight excluding hydrogens is 957 g/mol. The van der Waals surface area contributed by atoms with E-state index in [4.69, 9.17) is 43.6 Å². The van der Waals surface area contributed by atoms with Crippen molar-refractivity contribution >= 4 is 44.8 Å². The van der Waals surface area contributed by atoms with Crippen LogP contribution in [-0.2, 0) is 17.8 Å². The second kappa shape index (κ2) is 22.9. The maximum Gasteiger partial charge on any atom is 0.124 e. The van der Waals surface area contributed by atoms with Crippen LogP contribution in [0.15, 0.2) is 110 Å². The monoisotopic (exact) mass is 1030 g/mol. The first-order valence-electron chi connectivity index (χ1n) is 26.9. The van der Waals surface area contributed by atoms with Crippen LogP contribution >= 0.6 is 0 Å². The molecule has 6 heterocycles. The van der Waals surface area contributed by atoms with E-state index in [1.165, 1.54) is 51.6 Å². The van der Waals surface area contributed by atoms with E-state index in [2.05, 4.69) is 91.0 Å². The first-order chi connectivity index (χ1) is 37.3. The third-order valence-corrected chi connectivity index (χ3v) is 15.3. The molecule has 2 aliphatic heterocycles. The van der Waals surface area contributed by atoms with Crippen molar-refractivity contribution in [2.45, 2.75) is 70.1 Å². The predicted molar refractivity (Wildman–Crippen MR) is 298 cm³/mol. The van der Waals surface area contributed by atoms with Crippen molar-refractivity contribution in [1.29, 1.82) is 0 Å². The summed E-state index contributed by atoms with van der Waals surface area (Å²) in [4.78, 5) is 26.6. The van der Waals surface area contributed by atoms with E-state index in [1.54, 1.807) is 35.5 Å². The average molecular weight is 1030 g/mol. The summed E-state index contributed by atoms with van der Waals surface area (Å²) in [7, 11) is 8.54. The van der Waals surface area contributed by atoms with Gasteiger partial charge in [0.1, 0.15) is 23.0 Å². The molecule has 17 nitrogen and oxygen atoms in total. The molecule has 4 aliphatic rings. The van der Waals surface area contributed by atoms with E-state index in [1.807, 2.05) is 58.5 Å². The fraction of sp³-hybridized carbons (Fsp3) is 0.424. The van der Waals surface area contributed by atoms with Crippen LogP contribution in [0.4, 0.5) is 22.7 Å². The first-order valence-corrected chi connectivity index (χ1v) is 26.9. The van der Waals surface area contributed by atoms with Crippen LogP contribution in [0.1, 0.15) is 51.4 Å². The van der Waals surface area contributed by atoms with E-state index in [9.17, 15) is 0 Å². The molecule has 4 aromatic carbocycles. The summed E-state index contributed by atoms with van der Waals surface area (Å²) in [6.45, 7) is 8.85. The second-order valence-electron chi connectivity index (χ2n) is 20.7. The van der Waals surface area contributed by atoms with Gasteiger partial charge in [0.05, 0.1) is 105 Å². The van der Waals surface area contributed by atoms with Crippen LogP contribution in [-0.4, -0.2) is 131 Å². The Balaban J connectivity index is 0.000000162. The zero-order valence-corrected chi connectivity index (χ0v) is 44.5. The normalized spacial score (nSPS) is 16.3. The third-order valence-electron chi connectivity index (χ3n) is 15.3. The van der Waals surface area contributed by atoms with Gasteiger partial charge in [0, 0.05) is 109 Å². The highest BCUT2D eigenvalue weighted by Gasteiger charge is 2.33. The van der Waals surface area contributed by atoms with Gasteiger partial charge in [-0.3, -0.25) is 19.3 Å². The molecule has 0 spiro atoms. The number of benzene rings is 4. The highest BCUT2D eigenvalue weighted by molar-refractivity contribution is 5.84. The molecule has 0 radical (unpaired) electrons. The van der Waals surface area contributed by atoms with Gasteiger partial charge in [-0.15, -0.1) is 0 Å². The Bertz CT molecular complexity index is 3210. The van der Waals surface area contributed by atoms with Crippen LogP contribution in [0.5, 0.6) is 23.0 Å². The number of hydrogen-bond donors (Lipinski definition) is 1. The lowest BCUT2D eigenvalue weighted by Gasteiger charge is -2.36. The fourth-order valence-electron chi connectivity index (χ4n) is 10.4. The molecule has 396 valence electrons.